The van der Waals surface area contributed by atoms with E-state index in [-0.39, 0.29) is 0 Å². The van der Waals surface area contributed by atoms with E-state index in [1.165, 1.54) is 0 Å². The lowest BCUT2D eigenvalue weighted by atomic mass is 10.2. The number of nitrogens with zero attached hydrogens (tertiary/aromatic N) is 2. The smallest absolute Gasteiger partial charge is 0.225 e. The highest BCUT2D eigenvalue weighted by atomic mass is 79.9. The fourth-order valence-corrected chi connectivity index (χ4v) is 2.89. The maximum Gasteiger partial charge on any atom is 0.225 e. The number of fused-ring (bicyclic) bond motifs is 1. The van der Waals surface area contributed by atoms with Crippen molar-refractivity contribution in [3.8, 4) is 11.5 Å². The van der Waals surface area contributed by atoms with E-state index >= 15 is 0 Å². The van der Waals surface area contributed by atoms with Crippen molar-refractivity contribution >= 4 is 38.6 Å². The van der Waals surface area contributed by atoms with Crippen LogP contribution in [0.1, 0.15) is 5.56 Å². The molecule has 1 aromatic heterocycles. The van der Waals surface area contributed by atoms with Crippen molar-refractivity contribution < 1.29 is 9.47 Å². The van der Waals surface area contributed by atoms with E-state index in [9.17, 15) is 0 Å². The van der Waals surface area contributed by atoms with Gasteiger partial charge >= 0.3 is 0 Å². The maximum absolute atomic E-state index is 5.43. The van der Waals surface area contributed by atoms with Gasteiger partial charge in [0.15, 0.2) is 0 Å². The Hall–Kier alpha value is -2.54. The van der Waals surface area contributed by atoms with Gasteiger partial charge in [-0.2, -0.15) is 4.98 Å². The summed E-state index contributed by atoms with van der Waals surface area (Å²) in [6.07, 6.45) is 0. The van der Waals surface area contributed by atoms with Gasteiger partial charge in [0, 0.05) is 35.1 Å². The van der Waals surface area contributed by atoms with Gasteiger partial charge in [-0.3, -0.25) is 0 Å². The van der Waals surface area contributed by atoms with Crippen molar-refractivity contribution in [2.45, 2.75) is 6.54 Å². The molecule has 25 heavy (non-hydrogen) atoms. The molecule has 0 saturated heterocycles. The number of aromatic nitrogens is 2. The monoisotopic (exact) mass is 402 g/mol. The molecule has 0 amide bonds. The SMILES string of the molecule is CNc1nc(NCc2ccc(OC)cc2OC)nc2cc(Br)ccc12. The van der Waals surface area contributed by atoms with Gasteiger partial charge < -0.3 is 20.1 Å². The minimum atomic E-state index is 0.538. The number of benzene rings is 2. The van der Waals surface area contributed by atoms with E-state index in [4.69, 9.17) is 9.47 Å². The standard InChI is InChI=1S/C18H19BrN4O2/c1-20-17-14-7-5-12(19)8-15(14)22-18(23-17)21-10-11-4-6-13(24-2)9-16(11)25-3/h4-9H,10H2,1-3H3,(H2,20,21,22,23). The quantitative estimate of drug-likeness (QED) is 0.647. The van der Waals surface area contributed by atoms with Gasteiger partial charge in [0.05, 0.1) is 19.7 Å². The number of nitrogens with one attached hydrogen (secondary N) is 2. The number of ether oxygens (including phenoxy) is 2. The van der Waals surface area contributed by atoms with Crippen LogP contribution in [0, 0.1) is 0 Å². The third-order valence-corrected chi connectivity index (χ3v) is 4.32. The Kier molecular flexibility index (Phi) is 5.23. The highest BCUT2D eigenvalue weighted by molar-refractivity contribution is 9.10. The maximum atomic E-state index is 5.43. The average molecular weight is 403 g/mol. The minimum Gasteiger partial charge on any atom is -0.497 e. The normalized spacial score (nSPS) is 10.6. The number of anilines is 2. The first-order chi connectivity index (χ1) is 12.1. The fourth-order valence-electron chi connectivity index (χ4n) is 2.54. The largest absolute Gasteiger partial charge is 0.497 e. The van der Waals surface area contributed by atoms with Crippen molar-refractivity contribution in [3.05, 3.63) is 46.4 Å². The second-order valence-corrected chi connectivity index (χ2v) is 6.25. The molecule has 0 fully saturated rings. The highest BCUT2D eigenvalue weighted by Gasteiger charge is 2.09. The molecule has 3 aromatic rings. The molecule has 130 valence electrons. The van der Waals surface area contributed by atoms with Crippen LogP contribution in [0.15, 0.2) is 40.9 Å². The summed E-state index contributed by atoms with van der Waals surface area (Å²) in [6, 6.07) is 11.6. The van der Waals surface area contributed by atoms with E-state index in [0.29, 0.717) is 12.5 Å². The van der Waals surface area contributed by atoms with Gasteiger partial charge in [-0.15, -0.1) is 0 Å². The van der Waals surface area contributed by atoms with Crippen LogP contribution in [0.3, 0.4) is 0 Å². The van der Waals surface area contributed by atoms with Gasteiger partial charge in [0.25, 0.3) is 0 Å². The number of methoxy groups -OCH3 is 2. The Bertz CT molecular complexity index is 902. The summed E-state index contributed by atoms with van der Waals surface area (Å²) in [5.74, 6) is 2.84. The molecule has 7 heteroatoms. The third kappa shape index (κ3) is 3.76. The van der Waals surface area contributed by atoms with Crippen molar-refractivity contribution in [3.63, 3.8) is 0 Å². The zero-order chi connectivity index (χ0) is 17.8. The second kappa shape index (κ2) is 7.57. The summed E-state index contributed by atoms with van der Waals surface area (Å²) in [4.78, 5) is 9.13. The number of rotatable bonds is 6. The molecule has 2 N–H and O–H groups in total. The molecule has 6 nitrogen and oxygen atoms in total. The summed E-state index contributed by atoms with van der Waals surface area (Å²) in [5.41, 5.74) is 1.85. The predicted molar refractivity (Wildman–Crippen MR) is 104 cm³/mol. The number of halogens is 1. The Morgan fingerprint density at radius 2 is 1.88 bits per heavy atom. The fraction of sp³-hybridized carbons (Fsp3) is 0.222. The van der Waals surface area contributed by atoms with Crippen molar-refractivity contribution in [2.75, 3.05) is 31.9 Å². The molecule has 0 atom stereocenters. The van der Waals surface area contributed by atoms with Gasteiger partial charge in [0.2, 0.25) is 5.95 Å². The summed E-state index contributed by atoms with van der Waals surface area (Å²) < 4.78 is 11.6. The van der Waals surface area contributed by atoms with Crippen LogP contribution >= 0.6 is 15.9 Å². The molecule has 0 saturated carbocycles. The first-order valence-corrected chi connectivity index (χ1v) is 8.53. The predicted octanol–water partition coefficient (Wildman–Crippen LogP) is 4.06. The molecular weight excluding hydrogens is 384 g/mol. The van der Waals surface area contributed by atoms with Gasteiger partial charge in [-0.1, -0.05) is 15.9 Å². The van der Waals surface area contributed by atoms with Crippen LogP contribution < -0.4 is 20.1 Å². The molecule has 0 unspecified atom stereocenters. The molecule has 1 heterocycles. The van der Waals surface area contributed by atoms with Crippen LogP contribution in [0.5, 0.6) is 11.5 Å². The first-order valence-electron chi connectivity index (χ1n) is 7.74. The number of hydrogen-bond donors (Lipinski definition) is 2. The molecule has 0 spiro atoms. The molecular formula is C18H19BrN4O2. The molecule has 0 radical (unpaired) electrons. The van der Waals surface area contributed by atoms with E-state index < -0.39 is 0 Å². The zero-order valence-corrected chi connectivity index (χ0v) is 15.8. The van der Waals surface area contributed by atoms with Crippen molar-refractivity contribution in [2.24, 2.45) is 0 Å². The average Bonchev–Trinajstić information content (AvgIpc) is 2.65. The minimum absolute atomic E-state index is 0.538. The second-order valence-electron chi connectivity index (χ2n) is 5.34. The van der Waals surface area contributed by atoms with Crippen LogP contribution in [-0.2, 0) is 6.54 Å². The van der Waals surface area contributed by atoms with Gasteiger partial charge in [-0.05, 0) is 30.3 Å². The number of hydrogen-bond acceptors (Lipinski definition) is 6. The van der Waals surface area contributed by atoms with Crippen LogP contribution in [-0.4, -0.2) is 31.2 Å². The Balaban J connectivity index is 1.88. The molecule has 0 bridgehead atoms. The lowest BCUT2D eigenvalue weighted by Gasteiger charge is -2.13. The van der Waals surface area contributed by atoms with Crippen molar-refractivity contribution in [1.82, 2.24) is 9.97 Å². The van der Waals surface area contributed by atoms with Crippen LogP contribution in [0.4, 0.5) is 11.8 Å². The highest BCUT2D eigenvalue weighted by Crippen LogP contribution is 2.27. The zero-order valence-electron chi connectivity index (χ0n) is 14.3. The lowest BCUT2D eigenvalue weighted by Crippen LogP contribution is -2.07. The molecule has 0 aliphatic heterocycles. The van der Waals surface area contributed by atoms with Crippen LogP contribution in [0.2, 0.25) is 0 Å². The molecule has 2 aromatic carbocycles. The molecule has 0 aliphatic carbocycles. The lowest BCUT2D eigenvalue weighted by molar-refractivity contribution is 0.391. The summed E-state index contributed by atoms with van der Waals surface area (Å²) in [7, 11) is 5.12. The van der Waals surface area contributed by atoms with E-state index in [2.05, 4.69) is 36.5 Å². The van der Waals surface area contributed by atoms with E-state index in [1.54, 1.807) is 14.2 Å². The van der Waals surface area contributed by atoms with Crippen molar-refractivity contribution in [1.29, 1.82) is 0 Å². The van der Waals surface area contributed by atoms with Crippen LogP contribution in [0.25, 0.3) is 10.9 Å². The summed E-state index contributed by atoms with van der Waals surface area (Å²) in [5, 5.41) is 7.35. The summed E-state index contributed by atoms with van der Waals surface area (Å²) >= 11 is 3.48. The summed E-state index contributed by atoms with van der Waals surface area (Å²) in [6.45, 7) is 0.538. The first kappa shape index (κ1) is 17.3. The Morgan fingerprint density at radius 3 is 2.60 bits per heavy atom. The third-order valence-electron chi connectivity index (χ3n) is 3.83. The van der Waals surface area contributed by atoms with E-state index in [0.717, 1.165) is 38.3 Å². The molecule has 0 aliphatic rings. The van der Waals surface area contributed by atoms with Gasteiger partial charge in [0.1, 0.15) is 17.3 Å². The Morgan fingerprint density at radius 1 is 1.04 bits per heavy atom. The topological polar surface area (TPSA) is 68.3 Å². The molecule has 3 rings (SSSR count). The Labute approximate surface area is 154 Å². The van der Waals surface area contributed by atoms with Gasteiger partial charge in [-0.25, -0.2) is 4.98 Å². The van der Waals surface area contributed by atoms with E-state index in [1.807, 2.05) is 43.4 Å².